The second-order valence-corrected chi connectivity index (χ2v) is 6.59. The number of carbonyl (C=O) groups excluding carboxylic acids is 1. The lowest BCUT2D eigenvalue weighted by atomic mass is 10.0. The molecule has 5 nitrogen and oxygen atoms in total. The largest absolute Gasteiger partial charge is 0.467 e. The minimum atomic E-state index is -0.0883. The van der Waals surface area contributed by atoms with Crippen LogP contribution in [-0.2, 0) is 13.1 Å². The first-order chi connectivity index (χ1) is 11.6. The zero-order valence-corrected chi connectivity index (χ0v) is 16.7. The molecule has 1 fully saturated rings. The Morgan fingerprint density at radius 2 is 1.88 bits per heavy atom. The summed E-state index contributed by atoms with van der Waals surface area (Å²) in [6.45, 7) is 3.15. The molecule has 1 aliphatic heterocycles. The number of nitrogens with zero attached hydrogens (tertiary/aromatic N) is 1. The van der Waals surface area contributed by atoms with Gasteiger partial charge in [0.2, 0.25) is 0 Å². The van der Waals surface area contributed by atoms with Gasteiger partial charge >= 0.3 is 0 Å². The normalized spacial score (nSPS) is 15.0. The molecule has 1 amide bonds. The zero-order valence-electron chi connectivity index (χ0n) is 14.3. The zero-order chi connectivity index (χ0) is 16.9. The Labute approximate surface area is 171 Å². The van der Waals surface area contributed by atoms with E-state index < -0.39 is 0 Å². The van der Waals surface area contributed by atoms with E-state index in [2.05, 4.69) is 22.3 Å². The predicted molar refractivity (Wildman–Crippen MR) is 108 cm³/mol. The lowest BCUT2D eigenvalue weighted by Gasteiger charge is -2.32. The average molecular weight is 421 g/mol. The van der Waals surface area contributed by atoms with Gasteiger partial charge in [-0.25, -0.2) is 0 Å². The smallest absolute Gasteiger partial charge is 0.254 e. The van der Waals surface area contributed by atoms with Gasteiger partial charge in [0.05, 0.1) is 12.1 Å². The van der Waals surface area contributed by atoms with Crippen LogP contribution < -0.4 is 11.1 Å². The molecule has 26 heavy (non-hydrogen) atoms. The van der Waals surface area contributed by atoms with Gasteiger partial charge in [0.1, 0.15) is 12.0 Å². The summed E-state index contributed by atoms with van der Waals surface area (Å²) in [5.74, 6) is 0.535. The van der Waals surface area contributed by atoms with Crippen LogP contribution in [0.3, 0.4) is 0 Å². The summed E-state index contributed by atoms with van der Waals surface area (Å²) >= 11 is 5.92. The third-order valence-electron chi connectivity index (χ3n) is 4.36. The van der Waals surface area contributed by atoms with Crippen LogP contribution in [0.2, 0.25) is 5.02 Å². The number of rotatable bonds is 5. The van der Waals surface area contributed by atoms with Gasteiger partial charge in [0, 0.05) is 30.7 Å². The Kier molecular flexibility index (Phi) is 9.47. The van der Waals surface area contributed by atoms with E-state index in [9.17, 15) is 4.79 Å². The first-order valence-corrected chi connectivity index (χ1v) is 8.57. The van der Waals surface area contributed by atoms with Crippen LogP contribution in [-0.4, -0.2) is 29.9 Å². The highest BCUT2D eigenvalue weighted by atomic mass is 35.5. The number of piperidine rings is 1. The van der Waals surface area contributed by atoms with Gasteiger partial charge in [0.25, 0.3) is 5.91 Å². The van der Waals surface area contributed by atoms with E-state index in [0.717, 1.165) is 37.5 Å². The van der Waals surface area contributed by atoms with Crippen molar-refractivity contribution in [1.29, 1.82) is 0 Å². The second kappa shape index (κ2) is 10.8. The molecule has 0 radical (unpaired) electrons. The SMILES string of the molecule is Cl.Cl.NCc1cc(C(=O)NC2CCN(Cc3ccc(Cl)cc3)CC2)co1. The monoisotopic (exact) mass is 419 g/mol. The molecule has 3 N–H and O–H groups in total. The topological polar surface area (TPSA) is 71.5 Å². The van der Waals surface area contributed by atoms with Crippen molar-refractivity contribution in [1.82, 2.24) is 10.2 Å². The van der Waals surface area contributed by atoms with Crippen molar-refractivity contribution in [2.24, 2.45) is 5.73 Å². The quantitative estimate of drug-likeness (QED) is 0.775. The molecule has 0 bridgehead atoms. The van der Waals surface area contributed by atoms with Gasteiger partial charge in [0.15, 0.2) is 0 Å². The molecule has 0 atom stereocenters. The fraction of sp³-hybridized carbons (Fsp3) is 0.389. The van der Waals surface area contributed by atoms with Crippen molar-refractivity contribution in [2.75, 3.05) is 13.1 Å². The Hall–Kier alpha value is -1.24. The maximum absolute atomic E-state index is 12.2. The van der Waals surface area contributed by atoms with Gasteiger partial charge in [-0.1, -0.05) is 23.7 Å². The number of hydrogen-bond donors (Lipinski definition) is 2. The van der Waals surface area contributed by atoms with Gasteiger partial charge < -0.3 is 15.5 Å². The molecular formula is C18H24Cl3N3O2. The number of carbonyl (C=O) groups is 1. The number of halogens is 3. The number of hydrogen-bond acceptors (Lipinski definition) is 4. The lowest BCUT2D eigenvalue weighted by Crippen LogP contribution is -2.44. The number of nitrogens with one attached hydrogen (secondary N) is 1. The first kappa shape index (κ1) is 22.8. The maximum Gasteiger partial charge on any atom is 0.254 e. The fourth-order valence-corrected chi connectivity index (χ4v) is 3.08. The molecule has 3 rings (SSSR count). The van der Waals surface area contributed by atoms with Crippen molar-refractivity contribution in [3.8, 4) is 0 Å². The maximum atomic E-state index is 12.2. The van der Waals surface area contributed by atoms with Crippen molar-refractivity contribution >= 4 is 42.3 Å². The van der Waals surface area contributed by atoms with Gasteiger partial charge in [-0.3, -0.25) is 9.69 Å². The number of likely N-dealkylation sites (tertiary alicyclic amines) is 1. The highest BCUT2D eigenvalue weighted by Crippen LogP contribution is 2.16. The Morgan fingerprint density at radius 3 is 2.46 bits per heavy atom. The van der Waals surface area contributed by atoms with E-state index >= 15 is 0 Å². The lowest BCUT2D eigenvalue weighted by molar-refractivity contribution is 0.0908. The molecule has 1 aliphatic rings. The number of nitrogens with two attached hydrogens (primary N) is 1. The van der Waals surface area contributed by atoms with Crippen LogP contribution in [0.25, 0.3) is 0 Å². The van der Waals surface area contributed by atoms with E-state index in [1.165, 1.54) is 11.8 Å². The van der Waals surface area contributed by atoms with Crippen molar-refractivity contribution in [3.05, 3.63) is 58.5 Å². The standard InChI is InChI=1S/C18H22ClN3O2.2ClH/c19-15-3-1-13(2-4-15)11-22-7-5-16(6-8-22)21-18(23)14-9-17(10-20)24-12-14;;/h1-4,9,12,16H,5-8,10-11,20H2,(H,21,23);2*1H. The number of amides is 1. The molecule has 2 aromatic rings. The van der Waals surface area contributed by atoms with E-state index in [4.69, 9.17) is 21.8 Å². The van der Waals surface area contributed by atoms with Gasteiger partial charge in [-0.05, 0) is 36.6 Å². The van der Waals surface area contributed by atoms with Crippen molar-refractivity contribution in [3.63, 3.8) is 0 Å². The molecule has 2 heterocycles. The minimum absolute atomic E-state index is 0. The average Bonchev–Trinajstić information content (AvgIpc) is 3.08. The molecule has 0 aliphatic carbocycles. The summed E-state index contributed by atoms with van der Waals surface area (Å²) in [6.07, 6.45) is 3.36. The molecule has 8 heteroatoms. The Morgan fingerprint density at radius 1 is 1.23 bits per heavy atom. The fourth-order valence-electron chi connectivity index (χ4n) is 2.96. The molecular weight excluding hydrogens is 397 g/mol. The molecule has 1 saturated heterocycles. The second-order valence-electron chi connectivity index (χ2n) is 6.16. The van der Waals surface area contributed by atoms with E-state index in [-0.39, 0.29) is 36.8 Å². The summed E-state index contributed by atoms with van der Waals surface area (Å²) in [4.78, 5) is 14.6. The Bertz CT molecular complexity index is 683. The van der Waals surface area contributed by atoms with Crippen LogP contribution in [0, 0.1) is 0 Å². The molecule has 0 saturated carbocycles. The van der Waals surface area contributed by atoms with E-state index in [1.807, 2.05) is 12.1 Å². The summed E-state index contributed by atoms with van der Waals surface area (Å²) < 4.78 is 5.21. The van der Waals surface area contributed by atoms with Gasteiger partial charge in [-0.15, -0.1) is 24.8 Å². The Balaban J connectivity index is 0.00000169. The molecule has 0 unspecified atom stereocenters. The summed E-state index contributed by atoms with van der Waals surface area (Å²) in [5.41, 5.74) is 7.30. The van der Waals surface area contributed by atoms with Crippen LogP contribution in [0.1, 0.15) is 34.5 Å². The molecule has 0 spiro atoms. The minimum Gasteiger partial charge on any atom is -0.467 e. The number of furan rings is 1. The molecule has 1 aromatic heterocycles. The van der Waals surface area contributed by atoms with Crippen LogP contribution >= 0.6 is 36.4 Å². The highest BCUT2D eigenvalue weighted by Gasteiger charge is 2.21. The van der Waals surface area contributed by atoms with Crippen LogP contribution in [0.15, 0.2) is 41.0 Å². The third kappa shape index (κ3) is 6.18. The van der Waals surface area contributed by atoms with Crippen LogP contribution in [0.5, 0.6) is 0 Å². The van der Waals surface area contributed by atoms with Crippen molar-refractivity contribution < 1.29 is 9.21 Å². The highest BCUT2D eigenvalue weighted by molar-refractivity contribution is 6.30. The number of benzene rings is 1. The third-order valence-corrected chi connectivity index (χ3v) is 4.61. The first-order valence-electron chi connectivity index (χ1n) is 8.19. The summed E-state index contributed by atoms with van der Waals surface area (Å²) in [5, 5.41) is 3.84. The van der Waals surface area contributed by atoms with Crippen molar-refractivity contribution in [2.45, 2.75) is 32.0 Å². The summed E-state index contributed by atoms with van der Waals surface area (Å²) in [6, 6.07) is 9.86. The molecule has 144 valence electrons. The predicted octanol–water partition coefficient (Wildman–Crippen LogP) is 3.63. The van der Waals surface area contributed by atoms with Crippen LogP contribution in [0.4, 0.5) is 0 Å². The van der Waals surface area contributed by atoms with Gasteiger partial charge in [-0.2, -0.15) is 0 Å². The van der Waals surface area contributed by atoms with E-state index in [0.29, 0.717) is 17.9 Å². The molecule has 1 aromatic carbocycles. The summed E-state index contributed by atoms with van der Waals surface area (Å²) in [7, 11) is 0. The van der Waals surface area contributed by atoms with E-state index in [1.54, 1.807) is 6.07 Å².